The molecule has 1 saturated heterocycles. The zero-order valence-electron chi connectivity index (χ0n) is 8.67. The highest BCUT2D eigenvalue weighted by atomic mass is 17.2. The molecule has 1 aliphatic rings. The van der Waals surface area contributed by atoms with Crippen molar-refractivity contribution < 1.29 is 14.6 Å². The molecule has 14 heavy (non-hydrogen) atoms. The summed E-state index contributed by atoms with van der Waals surface area (Å²) in [6.45, 7) is 0.595. The molecule has 1 aliphatic heterocycles. The predicted octanol–water partition coefficient (Wildman–Crippen LogP) is 2.55. The van der Waals surface area contributed by atoms with Gasteiger partial charge >= 0.3 is 0 Å². The van der Waals surface area contributed by atoms with E-state index in [0.29, 0.717) is 6.61 Å². The van der Waals surface area contributed by atoms with E-state index < -0.39 is 6.10 Å². The lowest BCUT2D eigenvalue weighted by molar-refractivity contribution is -0.310. The van der Waals surface area contributed by atoms with E-state index in [9.17, 15) is 4.79 Å². The molecule has 81 valence electrons. The summed E-state index contributed by atoms with van der Waals surface area (Å²) in [6.07, 6.45) is 10.4. The van der Waals surface area contributed by atoms with E-state index in [1.807, 2.05) is 6.29 Å². The molecule has 0 saturated carbocycles. The van der Waals surface area contributed by atoms with Gasteiger partial charge in [-0.2, -0.15) is 0 Å². The third-order valence-electron chi connectivity index (χ3n) is 2.51. The van der Waals surface area contributed by atoms with Gasteiger partial charge in [-0.25, -0.2) is 9.78 Å². The first-order valence-electron chi connectivity index (χ1n) is 5.59. The van der Waals surface area contributed by atoms with Crippen molar-refractivity contribution in [2.45, 2.75) is 57.5 Å². The average molecular weight is 199 g/mol. The number of carbonyl (C=O) groups excluding carboxylic acids is 1. The summed E-state index contributed by atoms with van der Waals surface area (Å²) in [5, 5.41) is 0. The van der Waals surface area contributed by atoms with Gasteiger partial charge in [0.2, 0.25) is 6.29 Å². The number of hydrogen-bond acceptors (Lipinski definition) is 3. The summed E-state index contributed by atoms with van der Waals surface area (Å²) in [5.74, 6) is 0. The summed E-state index contributed by atoms with van der Waals surface area (Å²) in [4.78, 5) is 20.3. The van der Waals surface area contributed by atoms with E-state index in [1.54, 1.807) is 0 Å². The fourth-order valence-electron chi connectivity index (χ4n) is 1.63. The van der Waals surface area contributed by atoms with Crippen LogP contribution in [0.5, 0.6) is 0 Å². The minimum absolute atomic E-state index is 0.477. The summed E-state index contributed by atoms with van der Waals surface area (Å²) in [5.41, 5.74) is 0. The molecular weight excluding hydrogens is 180 g/mol. The van der Waals surface area contributed by atoms with Crippen molar-refractivity contribution in [1.29, 1.82) is 0 Å². The van der Waals surface area contributed by atoms with Crippen molar-refractivity contribution >= 4 is 6.29 Å². The number of rotatable bonds is 1. The molecule has 1 fully saturated rings. The molecule has 0 N–H and O–H groups in total. The minimum Gasteiger partial charge on any atom is -0.288 e. The first-order chi connectivity index (χ1) is 6.93. The Morgan fingerprint density at radius 3 is 2.29 bits per heavy atom. The molecule has 0 aromatic rings. The van der Waals surface area contributed by atoms with Gasteiger partial charge in [-0.1, -0.05) is 38.5 Å². The molecule has 1 unspecified atom stereocenters. The molecule has 0 amide bonds. The maximum atomic E-state index is 10.4. The number of hydrogen-bond donors (Lipinski definition) is 0. The molecule has 0 bridgehead atoms. The molecule has 1 rings (SSSR count). The van der Waals surface area contributed by atoms with E-state index in [4.69, 9.17) is 9.78 Å². The van der Waals surface area contributed by atoms with Gasteiger partial charge in [-0.3, -0.25) is 4.79 Å². The monoisotopic (exact) mass is 199 g/mol. The quantitative estimate of drug-likeness (QED) is 0.609. The lowest BCUT2D eigenvalue weighted by Gasteiger charge is -2.11. The van der Waals surface area contributed by atoms with Gasteiger partial charge < -0.3 is 0 Å². The highest BCUT2D eigenvalue weighted by Gasteiger charge is 2.10. The van der Waals surface area contributed by atoms with Gasteiger partial charge in [0.25, 0.3) is 0 Å². The Morgan fingerprint density at radius 2 is 1.57 bits per heavy atom. The van der Waals surface area contributed by atoms with Crippen LogP contribution in [0.3, 0.4) is 0 Å². The van der Waals surface area contributed by atoms with Gasteiger partial charge in [-0.05, 0) is 12.8 Å². The van der Waals surface area contributed by atoms with Crippen LogP contribution in [0.25, 0.3) is 0 Å². The van der Waals surface area contributed by atoms with Crippen molar-refractivity contribution in [3.8, 4) is 0 Å². The Morgan fingerprint density at radius 1 is 0.929 bits per heavy atom. The first-order valence-corrected chi connectivity index (χ1v) is 5.59. The van der Waals surface area contributed by atoms with Gasteiger partial charge in [0.1, 0.15) is 0 Å². The lowest BCUT2D eigenvalue weighted by Crippen LogP contribution is -2.15. The van der Waals surface area contributed by atoms with Crippen LogP contribution in [0.1, 0.15) is 51.4 Å². The fourth-order valence-corrected chi connectivity index (χ4v) is 1.63. The molecule has 1 heterocycles. The third kappa shape index (κ3) is 5.35. The zero-order valence-corrected chi connectivity index (χ0v) is 8.67. The molecule has 0 aromatic heterocycles. The maximum Gasteiger partial charge on any atom is 0.233 e. The van der Waals surface area contributed by atoms with Crippen molar-refractivity contribution in [3.05, 3.63) is 0 Å². The van der Waals surface area contributed by atoms with E-state index in [-0.39, 0.29) is 0 Å². The van der Waals surface area contributed by atoms with Crippen LogP contribution in [0.2, 0.25) is 0 Å². The summed E-state index contributed by atoms with van der Waals surface area (Å²) in [7, 11) is 0. The van der Waals surface area contributed by atoms with Gasteiger partial charge in [-0.15, -0.1) is 0 Å². The van der Waals surface area contributed by atoms with Crippen molar-refractivity contribution in [2.24, 2.45) is 0 Å². The van der Waals surface area contributed by atoms with Crippen LogP contribution in [-0.4, -0.2) is 19.0 Å². The second-order valence-corrected chi connectivity index (χ2v) is 3.79. The van der Waals surface area contributed by atoms with Gasteiger partial charge in [0.05, 0.1) is 6.61 Å². The second-order valence-electron chi connectivity index (χ2n) is 3.79. The molecule has 1 atom stereocenters. The smallest absolute Gasteiger partial charge is 0.233 e. The summed E-state index contributed by atoms with van der Waals surface area (Å²) in [6, 6.07) is 0. The third-order valence-corrected chi connectivity index (χ3v) is 2.51. The standard InChI is InChI=1S/C11H19O3/c12-10-11-8-6-4-2-1-3-5-7-9-13-14-11/h11H,1-9H2. The molecule has 0 aromatic carbocycles. The fraction of sp³-hybridized carbons (Fsp3) is 0.909. The molecule has 1 radical (unpaired) electrons. The van der Waals surface area contributed by atoms with Crippen molar-refractivity contribution in [1.82, 2.24) is 0 Å². The van der Waals surface area contributed by atoms with Crippen LogP contribution in [0.15, 0.2) is 0 Å². The normalized spacial score (nSPS) is 27.3. The molecule has 3 nitrogen and oxygen atoms in total. The van der Waals surface area contributed by atoms with Crippen molar-refractivity contribution in [2.75, 3.05) is 6.61 Å². The average Bonchev–Trinajstić information content (AvgIpc) is 2.19. The molecule has 0 aliphatic carbocycles. The molecular formula is C11H19O3. The van der Waals surface area contributed by atoms with Crippen LogP contribution in [-0.2, 0) is 14.6 Å². The minimum atomic E-state index is -0.477. The highest BCUT2D eigenvalue weighted by molar-refractivity contribution is 5.56. The first kappa shape index (κ1) is 11.7. The largest absolute Gasteiger partial charge is 0.288 e. The maximum absolute atomic E-state index is 10.4. The van der Waals surface area contributed by atoms with Crippen LogP contribution >= 0.6 is 0 Å². The van der Waals surface area contributed by atoms with Gasteiger partial charge in [0.15, 0.2) is 6.10 Å². The van der Waals surface area contributed by atoms with Crippen LogP contribution in [0.4, 0.5) is 0 Å². The topological polar surface area (TPSA) is 35.5 Å². The lowest BCUT2D eigenvalue weighted by atomic mass is 10.1. The second kappa shape index (κ2) is 7.94. The molecule has 0 spiro atoms. The van der Waals surface area contributed by atoms with E-state index >= 15 is 0 Å². The van der Waals surface area contributed by atoms with E-state index in [1.165, 1.54) is 32.1 Å². The molecule has 3 heteroatoms. The zero-order chi connectivity index (χ0) is 10.1. The summed E-state index contributed by atoms with van der Waals surface area (Å²) < 4.78 is 0. The van der Waals surface area contributed by atoms with Crippen LogP contribution < -0.4 is 0 Å². The Bertz CT molecular complexity index is 135. The Kier molecular flexibility index (Phi) is 6.62. The highest BCUT2D eigenvalue weighted by Crippen LogP contribution is 2.12. The Balaban J connectivity index is 2.20. The van der Waals surface area contributed by atoms with Crippen molar-refractivity contribution in [3.63, 3.8) is 0 Å². The predicted molar refractivity (Wildman–Crippen MR) is 53.5 cm³/mol. The Hall–Kier alpha value is -0.410. The summed E-state index contributed by atoms with van der Waals surface area (Å²) >= 11 is 0. The van der Waals surface area contributed by atoms with E-state index in [0.717, 1.165) is 19.3 Å². The SMILES string of the molecule is O=[C]C1CCCCCCCCCOO1. The van der Waals surface area contributed by atoms with Crippen LogP contribution in [0, 0.1) is 0 Å². The van der Waals surface area contributed by atoms with Gasteiger partial charge in [0, 0.05) is 0 Å². The van der Waals surface area contributed by atoms with E-state index in [2.05, 4.69) is 0 Å². The Labute approximate surface area is 85.7 Å².